The Balaban J connectivity index is 2.68. The molecule has 1 amide bonds. The number of carbonyl (C=O) groups is 1. The lowest BCUT2D eigenvalue weighted by atomic mass is 10.1. The van der Waals surface area contributed by atoms with Gasteiger partial charge in [-0.3, -0.25) is 9.69 Å². The average molecular weight is 214 g/mol. The van der Waals surface area contributed by atoms with Gasteiger partial charge in [-0.25, -0.2) is 0 Å². The Morgan fingerprint density at radius 2 is 2.33 bits per heavy atom. The van der Waals surface area contributed by atoms with Gasteiger partial charge in [0.05, 0.1) is 6.04 Å². The summed E-state index contributed by atoms with van der Waals surface area (Å²) in [5, 5.41) is 11.9. The van der Waals surface area contributed by atoms with Crippen LogP contribution in [-0.4, -0.2) is 48.2 Å². The first-order valence-corrected chi connectivity index (χ1v) is 5.81. The molecule has 15 heavy (non-hydrogen) atoms. The van der Waals surface area contributed by atoms with Crippen molar-refractivity contribution in [1.82, 2.24) is 10.2 Å². The normalized spacial score (nSPS) is 28.6. The molecule has 4 heteroatoms. The van der Waals surface area contributed by atoms with E-state index in [1.165, 1.54) is 0 Å². The van der Waals surface area contributed by atoms with Crippen molar-refractivity contribution in [3.8, 4) is 0 Å². The van der Waals surface area contributed by atoms with Crippen LogP contribution in [0.5, 0.6) is 0 Å². The molecule has 2 N–H and O–H groups in total. The molecule has 0 spiro atoms. The molecule has 0 radical (unpaired) electrons. The Hall–Kier alpha value is -0.610. The predicted molar refractivity (Wildman–Crippen MR) is 59.5 cm³/mol. The Morgan fingerprint density at radius 3 is 2.93 bits per heavy atom. The molecule has 1 fully saturated rings. The number of aliphatic hydroxyl groups is 1. The molecule has 0 aromatic carbocycles. The van der Waals surface area contributed by atoms with Crippen LogP contribution in [0.3, 0.4) is 0 Å². The molecular weight excluding hydrogens is 192 g/mol. The summed E-state index contributed by atoms with van der Waals surface area (Å²) < 4.78 is 0. The molecule has 1 saturated heterocycles. The van der Waals surface area contributed by atoms with Crippen molar-refractivity contribution in [1.29, 1.82) is 0 Å². The molecule has 0 aromatic heterocycles. The molecule has 1 heterocycles. The molecule has 0 saturated carbocycles. The number of rotatable bonds is 4. The summed E-state index contributed by atoms with van der Waals surface area (Å²) in [4.78, 5) is 14.0. The molecule has 1 aliphatic heterocycles. The Morgan fingerprint density at radius 1 is 1.60 bits per heavy atom. The number of aliphatic hydroxyl groups excluding tert-OH is 1. The molecule has 0 aliphatic carbocycles. The van der Waals surface area contributed by atoms with Gasteiger partial charge in [-0.05, 0) is 25.3 Å². The van der Waals surface area contributed by atoms with Crippen LogP contribution >= 0.6 is 0 Å². The van der Waals surface area contributed by atoms with Crippen molar-refractivity contribution >= 4 is 5.91 Å². The fourth-order valence-corrected chi connectivity index (χ4v) is 2.12. The zero-order valence-corrected chi connectivity index (χ0v) is 9.70. The molecule has 0 aromatic rings. The molecule has 1 aliphatic rings. The molecule has 1 rings (SSSR count). The van der Waals surface area contributed by atoms with Gasteiger partial charge in [0.1, 0.15) is 0 Å². The first-order chi connectivity index (χ1) is 7.19. The Kier molecular flexibility index (Phi) is 5.05. The van der Waals surface area contributed by atoms with E-state index in [4.69, 9.17) is 5.11 Å². The highest BCUT2D eigenvalue weighted by atomic mass is 16.3. The smallest absolute Gasteiger partial charge is 0.237 e. The summed E-state index contributed by atoms with van der Waals surface area (Å²) in [7, 11) is 0. The average Bonchev–Trinajstić information content (AvgIpc) is 2.33. The van der Waals surface area contributed by atoms with Crippen LogP contribution in [0, 0.1) is 5.92 Å². The summed E-state index contributed by atoms with van der Waals surface area (Å²) in [6.45, 7) is 6.96. The lowest BCUT2D eigenvalue weighted by molar-refractivity contribution is -0.126. The second-order valence-corrected chi connectivity index (χ2v) is 4.37. The fourth-order valence-electron chi connectivity index (χ4n) is 2.12. The topological polar surface area (TPSA) is 52.6 Å². The molecule has 2 unspecified atom stereocenters. The third-order valence-corrected chi connectivity index (χ3v) is 2.83. The van der Waals surface area contributed by atoms with Crippen LogP contribution < -0.4 is 5.32 Å². The number of nitrogens with zero attached hydrogens (tertiary/aromatic N) is 1. The summed E-state index contributed by atoms with van der Waals surface area (Å²) in [5.41, 5.74) is 0. The lowest BCUT2D eigenvalue weighted by Crippen LogP contribution is -2.45. The van der Waals surface area contributed by atoms with Crippen molar-refractivity contribution in [3.05, 3.63) is 0 Å². The second kappa shape index (κ2) is 6.08. The van der Waals surface area contributed by atoms with E-state index in [-0.39, 0.29) is 18.6 Å². The maximum atomic E-state index is 11.8. The number of nitrogens with one attached hydrogen (secondary N) is 1. The zero-order valence-electron chi connectivity index (χ0n) is 9.70. The monoisotopic (exact) mass is 214 g/mol. The SMILES string of the molecule is CCCN1CC(C)CNC(=O)C1CCO. The van der Waals surface area contributed by atoms with Gasteiger partial charge in [-0.15, -0.1) is 0 Å². The van der Waals surface area contributed by atoms with Gasteiger partial charge in [-0.2, -0.15) is 0 Å². The van der Waals surface area contributed by atoms with Crippen LogP contribution in [0.25, 0.3) is 0 Å². The number of carbonyl (C=O) groups excluding carboxylic acids is 1. The molecule has 4 nitrogen and oxygen atoms in total. The highest BCUT2D eigenvalue weighted by molar-refractivity contribution is 5.82. The van der Waals surface area contributed by atoms with Crippen molar-refractivity contribution in [2.75, 3.05) is 26.2 Å². The first kappa shape index (κ1) is 12.5. The predicted octanol–water partition coefficient (Wildman–Crippen LogP) is 0.215. The highest BCUT2D eigenvalue weighted by Crippen LogP contribution is 2.12. The van der Waals surface area contributed by atoms with Gasteiger partial charge in [0.2, 0.25) is 5.91 Å². The van der Waals surface area contributed by atoms with Gasteiger partial charge in [0, 0.05) is 19.7 Å². The van der Waals surface area contributed by atoms with E-state index in [1.807, 2.05) is 0 Å². The Labute approximate surface area is 91.6 Å². The quantitative estimate of drug-likeness (QED) is 0.703. The van der Waals surface area contributed by atoms with E-state index in [1.54, 1.807) is 0 Å². The summed E-state index contributed by atoms with van der Waals surface area (Å²) in [5.74, 6) is 0.561. The van der Waals surface area contributed by atoms with Crippen molar-refractivity contribution < 1.29 is 9.90 Å². The van der Waals surface area contributed by atoms with Crippen molar-refractivity contribution in [2.24, 2.45) is 5.92 Å². The van der Waals surface area contributed by atoms with E-state index in [9.17, 15) is 4.79 Å². The molecule has 0 bridgehead atoms. The van der Waals surface area contributed by atoms with Crippen LogP contribution in [-0.2, 0) is 4.79 Å². The van der Waals surface area contributed by atoms with Gasteiger partial charge in [0.15, 0.2) is 0 Å². The first-order valence-electron chi connectivity index (χ1n) is 5.81. The fraction of sp³-hybridized carbons (Fsp3) is 0.909. The highest BCUT2D eigenvalue weighted by Gasteiger charge is 2.29. The molecule has 88 valence electrons. The van der Waals surface area contributed by atoms with Crippen molar-refractivity contribution in [3.63, 3.8) is 0 Å². The van der Waals surface area contributed by atoms with E-state index in [2.05, 4.69) is 24.1 Å². The second-order valence-electron chi connectivity index (χ2n) is 4.37. The van der Waals surface area contributed by atoms with Crippen LogP contribution in [0.15, 0.2) is 0 Å². The van der Waals surface area contributed by atoms with Gasteiger partial charge in [-0.1, -0.05) is 13.8 Å². The summed E-state index contributed by atoms with van der Waals surface area (Å²) >= 11 is 0. The Bertz CT molecular complexity index is 209. The van der Waals surface area contributed by atoms with Gasteiger partial charge in [0.25, 0.3) is 0 Å². The largest absolute Gasteiger partial charge is 0.396 e. The summed E-state index contributed by atoms with van der Waals surface area (Å²) in [6, 6.07) is -0.139. The van der Waals surface area contributed by atoms with E-state index in [0.29, 0.717) is 12.3 Å². The van der Waals surface area contributed by atoms with Gasteiger partial charge < -0.3 is 10.4 Å². The van der Waals surface area contributed by atoms with Crippen molar-refractivity contribution in [2.45, 2.75) is 32.7 Å². The standard InChI is InChI=1S/C11H22N2O2/c1-3-5-13-8-9(2)7-12-11(15)10(13)4-6-14/h9-10,14H,3-8H2,1-2H3,(H,12,15). The van der Waals surface area contributed by atoms with E-state index < -0.39 is 0 Å². The third kappa shape index (κ3) is 3.47. The third-order valence-electron chi connectivity index (χ3n) is 2.83. The van der Waals surface area contributed by atoms with Crippen LogP contribution in [0.2, 0.25) is 0 Å². The number of hydrogen-bond acceptors (Lipinski definition) is 3. The van der Waals surface area contributed by atoms with Crippen LogP contribution in [0.4, 0.5) is 0 Å². The maximum Gasteiger partial charge on any atom is 0.237 e. The maximum absolute atomic E-state index is 11.8. The minimum absolute atomic E-state index is 0.0712. The minimum atomic E-state index is -0.139. The van der Waals surface area contributed by atoms with E-state index >= 15 is 0 Å². The zero-order chi connectivity index (χ0) is 11.3. The molecular formula is C11H22N2O2. The minimum Gasteiger partial charge on any atom is -0.396 e. The molecule has 2 atom stereocenters. The number of amides is 1. The van der Waals surface area contributed by atoms with E-state index in [0.717, 1.165) is 26.1 Å². The summed E-state index contributed by atoms with van der Waals surface area (Å²) in [6.07, 6.45) is 1.58. The van der Waals surface area contributed by atoms with Crippen LogP contribution in [0.1, 0.15) is 26.7 Å². The number of hydrogen-bond donors (Lipinski definition) is 2. The van der Waals surface area contributed by atoms with Gasteiger partial charge >= 0.3 is 0 Å². The lowest BCUT2D eigenvalue weighted by Gasteiger charge is -2.28.